The SMILES string of the molecule is N#C[C@H]1CN(C2CCC(F)(F)CC2)C(=O)N1c1cncc2ccccc12. The summed E-state index contributed by atoms with van der Waals surface area (Å²) in [5.74, 6) is -2.65. The largest absolute Gasteiger partial charge is 0.326 e. The minimum Gasteiger partial charge on any atom is -0.318 e. The van der Waals surface area contributed by atoms with Crippen LogP contribution < -0.4 is 4.90 Å². The van der Waals surface area contributed by atoms with E-state index >= 15 is 0 Å². The van der Waals surface area contributed by atoms with Crippen molar-refractivity contribution >= 4 is 22.5 Å². The molecule has 5 nitrogen and oxygen atoms in total. The molecule has 7 heteroatoms. The fourth-order valence-corrected chi connectivity index (χ4v) is 3.92. The Labute approximate surface area is 149 Å². The molecule has 1 aromatic heterocycles. The first-order valence-electron chi connectivity index (χ1n) is 8.70. The Morgan fingerprint density at radius 3 is 2.65 bits per heavy atom. The van der Waals surface area contributed by atoms with E-state index in [0.717, 1.165) is 10.8 Å². The molecule has 2 heterocycles. The number of urea groups is 1. The van der Waals surface area contributed by atoms with Gasteiger partial charge in [0.25, 0.3) is 0 Å². The Kier molecular flexibility index (Phi) is 3.98. The number of alkyl halides is 2. The molecule has 2 aliphatic rings. The van der Waals surface area contributed by atoms with Gasteiger partial charge in [0.1, 0.15) is 6.04 Å². The van der Waals surface area contributed by atoms with Gasteiger partial charge in [-0.3, -0.25) is 9.88 Å². The Hall–Kier alpha value is -2.75. The number of benzene rings is 1. The van der Waals surface area contributed by atoms with Crippen LogP contribution in [0, 0.1) is 11.3 Å². The minimum absolute atomic E-state index is 0.214. The molecular weight excluding hydrogens is 338 g/mol. The van der Waals surface area contributed by atoms with E-state index in [-0.39, 0.29) is 44.3 Å². The summed E-state index contributed by atoms with van der Waals surface area (Å²) in [7, 11) is 0. The predicted octanol–water partition coefficient (Wildman–Crippen LogP) is 3.95. The zero-order chi connectivity index (χ0) is 18.3. The van der Waals surface area contributed by atoms with Gasteiger partial charge in [-0.05, 0) is 12.8 Å². The van der Waals surface area contributed by atoms with Crippen LogP contribution in [0.5, 0.6) is 0 Å². The Morgan fingerprint density at radius 1 is 1.19 bits per heavy atom. The molecular formula is C19H18F2N4O. The third-order valence-corrected chi connectivity index (χ3v) is 5.32. The number of hydrogen-bond donors (Lipinski definition) is 0. The second-order valence-electron chi connectivity index (χ2n) is 6.92. The smallest absolute Gasteiger partial charge is 0.318 e. The van der Waals surface area contributed by atoms with Gasteiger partial charge in [-0.2, -0.15) is 5.26 Å². The minimum atomic E-state index is -2.65. The van der Waals surface area contributed by atoms with Crippen LogP contribution in [0.25, 0.3) is 10.8 Å². The lowest BCUT2D eigenvalue weighted by Gasteiger charge is -2.34. The first-order valence-corrected chi connectivity index (χ1v) is 8.70. The van der Waals surface area contributed by atoms with Crippen LogP contribution in [0.2, 0.25) is 0 Å². The van der Waals surface area contributed by atoms with Gasteiger partial charge in [-0.25, -0.2) is 13.6 Å². The molecule has 26 heavy (non-hydrogen) atoms. The molecule has 1 atom stereocenters. The van der Waals surface area contributed by atoms with Crippen molar-refractivity contribution in [1.29, 1.82) is 5.26 Å². The molecule has 1 saturated carbocycles. The second-order valence-corrected chi connectivity index (χ2v) is 6.92. The number of nitriles is 1. The summed E-state index contributed by atoms with van der Waals surface area (Å²) >= 11 is 0. The Morgan fingerprint density at radius 2 is 1.92 bits per heavy atom. The fraction of sp³-hybridized carbons (Fsp3) is 0.421. The Bertz CT molecular complexity index is 879. The number of carbonyl (C=O) groups is 1. The van der Waals surface area contributed by atoms with E-state index in [4.69, 9.17) is 0 Å². The fourth-order valence-electron chi connectivity index (χ4n) is 3.92. The maximum atomic E-state index is 13.4. The molecule has 1 aromatic carbocycles. The molecule has 0 radical (unpaired) electrons. The molecule has 1 aliphatic heterocycles. The number of rotatable bonds is 2. The lowest BCUT2D eigenvalue weighted by Crippen LogP contribution is -2.43. The predicted molar refractivity (Wildman–Crippen MR) is 92.9 cm³/mol. The van der Waals surface area contributed by atoms with Gasteiger partial charge in [-0.1, -0.05) is 24.3 Å². The summed E-state index contributed by atoms with van der Waals surface area (Å²) in [6.07, 6.45) is 3.39. The number of amides is 2. The van der Waals surface area contributed by atoms with Gasteiger partial charge in [-0.15, -0.1) is 0 Å². The van der Waals surface area contributed by atoms with Crippen molar-refractivity contribution in [2.24, 2.45) is 0 Å². The summed E-state index contributed by atoms with van der Waals surface area (Å²) in [5.41, 5.74) is 0.586. The number of anilines is 1. The van der Waals surface area contributed by atoms with Crippen molar-refractivity contribution in [1.82, 2.24) is 9.88 Å². The van der Waals surface area contributed by atoms with Crippen LogP contribution in [0.15, 0.2) is 36.7 Å². The number of pyridine rings is 1. The number of hydrogen-bond acceptors (Lipinski definition) is 3. The monoisotopic (exact) mass is 356 g/mol. The highest BCUT2D eigenvalue weighted by Gasteiger charge is 2.45. The highest BCUT2D eigenvalue weighted by molar-refractivity contribution is 6.04. The van der Waals surface area contributed by atoms with Crippen LogP contribution in [0.1, 0.15) is 25.7 Å². The van der Waals surface area contributed by atoms with Gasteiger partial charge in [0.05, 0.1) is 24.5 Å². The number of aromatic nitrogens is 1. The lowest BCUT2D eigenvalue weighted by atomic mass is 9.91. The molecule has 0 unspecified atom stereocenters. The van der Waals surface area contributed by atoms with E-state index in [0.29, 0.717) is 5.69 Å². The molecule has 1 saturated heterocycles. The summed E-state index contributed by atoms with van der Waals surface area (Å²) in [4.78, 5) is 20.3. The van der Waals surface area contributed by atoms with E-state index in [1.54, 1.807) is 17.3 Å². The number of halogens is 2. The molecule has 134 valence electrons. The van der Waals surface area contributed by atoms with E-state index in [1.165, 1.54) is 4.90 Å². The topological polar surface area (TPSA) is 60.2 Å². The first kappa shape index (κ1) is 16.7. The van der Waals surface area contributed by atoms with Crippen molar-refractivity contribution in [3.63, 3.8) is 0 Å². The first-order chi connectivity index (χ1) is 12.5. The van der Waals surface area contributed by atoms with E-state index < -0.39 is 12.0 Å². The molecule has 2 aromatic rings. The zero-order valence-corrected chi connectivity index (χ0v) is 14.1. The highest BCUT2D eigenvalue weighted by Crippen LogP contribution is 2.38. The molecule has 2 amide bonds. The lowest BCUT2D eigenvalue weighted by molar-refractivity contribution is -0.0483. The van der Waals surface area contributed by atoms with Crippen LogP contribution in [-0.2, 0) is 0 Å². The van der Waals surface area contributed by atoms with Crippen LogP contribution in [0.4, 0.5) is 19.3 Å². The van der Waals surface area contributed by atoms with Gasteiger partial charge >= 0.3 is 6.03 Å². The summed E-state index contributed by atoms with van der Waals surface area (Å²) in [5, 5.41) is 11.3. The quantitative estimate of drug-likeness (QED) is 0.819. The van der Waals surface area contributed by atoms with Crippen molar-refractivity contribution in [2.45, 2.75) is 43.7 Å². The van der Waals surface area contributed by atoms with Crippen molar-refractivity contribution in [2.75, 3.05) is 11.4 Å². The molecule has 2 fully saturated rings. The molecule has 0 spiro atoms. The average Bonchev–Trinajstić information content (AvgIpc) is 2.97. The van der Waals surface area contributed by atoms with Gasteiger partial charge < -0.3 is 4.90 Å². The number of nitrogens with zero attached hydrogens (tertiary/aromatic N) is 4. The number of fused-ring (bicyclic) bond motifs is 1. The number of carbonyl (C=O) groups excluding carboxylic acids is 1. The summed E-state index contributed by atoms with van der Waals surface area (Å²) in [6, 6.07) is 8.52. The van der Waals surface area contributed by atoms with Crippen LogP contribution in [-0.4, -0.2) is 40.5 Å². The van der Waals surface area contributed by atoms with E-state index in [1.807, 2.05) is 24.3 Å². The van der Waals surface area contributed by atoms with Crippen molar-refractivity contribution < 1.29 is 13.6 Å². The van der Waals surface area contributed by atoms with E-state index in [9.17, 15) is 18.8 Å². The second kappa shape index (κ2) is 6.20. The average molecular weight is 356 g/mol. The molecule has 4 rings (SSSR count). The van der Waals surface area contributed by atoms with Crippen LogP contribution >= 0.6 is 0 Å². The van der Waals surface area contributed by atoms with E-state index in [2.05, 4.69) is 11.1 Å². The van der Waals surface area contributed by atoms with Crippen molar-refractivity contribution in [3.05, 3.63) is 36.7 Å². The third kappa shape index (κ3) is 2.75. The molecule has 0 N–H and O–H groups in total. The zero-order valence-electron chi connectivity index (χ0n) is 14.1. The molecule has 0 bridgehead atoms. The standard InChI is InChI=1S/C19H18F2N4O/c20-19(21)7-5-14(6-8-19)24-12-15(9-22)25(18(24)26)17-11-23-10-13-3-1-2-4-16(13)17/h1-4,10-11,14-15H,5-8,12H2/t15-/m0/s1. The summed E-state index contributed by atoms with van der Waals surface area (Å²) in [6.45, 7) is 0.231. The maximum absolute atomic E-state index is 13.4. The Balaban J connectivity index is 1.66. The highest BCUT2D eigenvalue weighted by atomic mass is 19.3. The van der Waals surface area contributed by atoms with Crippen LogP contribution in [0.3, 0.4) is 0 Å². The van der Waals surface area contributed by atoms with Gasteiger partial charge in [0.2, 0.25) is 5.92 Å². The molecule has 1 aliphatic carbocycles. The van der Waals surface area contributed by atoms with Crippen molar-refractivity contribution in [3.8, 4) is 6.07 Å². The normalized spacial score (nSPS) is 23.4. The van der Waals surface area contributed by atoms with Gasteiger partial charge in [0.15, 0.2) is 0 Å². The maximum Gasteiger partial charge on any atom is 0.326 e. The van der Waals surface area contributed by atoms with Gasteiger partial charge in [0, 0.05) is 35.9 Å². The third-order valence-electron chi connectivity index (χ3n) is 5.32. The summed E-state index contributed by atoms with van der Waals surface area (Å²) < 4.78 is 26.9.